The molecule has 1 saturated heterocycles. The first-order valence-electron chi connectivity index (χ1n) is 11.7. The highest BCUT2D eigenvalue weighted by Crippen LogP contribution is 2.28. The third-order valence-electron chi connectivity index (χ3n) is 6.86. The number of hydrogen-bond donors (Lipinski definition) is 3. The summed E-state index contributed by atoms with van der Waals surface area (Å²) in [6.07, 6.45) is 1.31. The van der Waals surface area contributed by atoms with Crippen LogP contribution < -0.4 is 11.1 Å². The molecule has 2 aliphatic heterocycles. The second-order valence-electron chi connectivity index (χ2n) is 9.12. The Balaban J connectivity index is 1.18. The molecule has 1 atom stereocenters. The largest absolute Gasteiger partial charge is 0.481 e. The second kappa shape index (κ2) is 9.28. The molecule has 182 valence electrons. The quantitative estimate of drug-likeness (QED) is 0.498. The van der Waals surface area contributed by atoms with Gasteiger partial charge in [-0.05, 0) is 48.6 Å². The normalized spacial score (nSPS) is 17.2. The van der Waals surface area contributed by atoms with Gasteiger partial charge in [0.15, 0.2) is 5.58 Å². The lowest BCUT2D eigenvalue weighted by Crippen LogP contribution is -2.51. The number of carboxylic acids is 1. The van der Waals surface area contributed by atoms with Gasteiger partial charge in [0.2, 0.25) is 5.91 Å². The van der Waals surface area contributed by atoms with E-state index in [1.807, 2.05) is 29.2 Å². The van der Waals surface area contributed by atoms with Gasteiger partial charge in [0.25, 0.3) is 0 Å². The number of oxazole rings is 1. The van der Waals surface area contributed by atoms with E-state index in [-0.39, 0.29) is 30.8 Å². The molecule has 0 radical (unpaired) electrons. The molecule has 10 nitrogen and oxygen atoms in total. The molecule has 1 aromatic heterocycles. The zero-order valence-corrected chi connectivity index (χ0v) is 19.0. The zero-order chi connectivity index (χ0) is 24.5. The third kappa shape index (κ3) is 4.77. The van der Waals surface area contributed by atoms with Crippen LogP contribution >= 0.6 is 0 Å². The smallest absolute Gasteiger partial charge is 0.417 e. The number of H-pyrrole nitrogens is 1. The minimum atomic E-state index is -1.05. The van der Waals surface area contributed by atoms with Crippen LogP contribution in [0.5, 0.6) is 0 Å². The zero-order valence-electron chi connectivity index (χ0n) is 19.0. The SMILES string of the molecule is O=C(O)C(CC(=O)N1CCC(N2Cc3ccccc3NC2=O)CC1)Cc1ccc2[nH]c(=O)oc2c1. The number of carboxylic acid groups (broad SMARTS) is 1. The van der Waals surface area contributed by atoms with Crippen LogP contribution in [-0.2, 0) is 22.6 Å². The number of rotatable bonds is 6. The highest BCUT2D eigenvalue weighted by Gasteiger charge is 2.33. The molecule has 0 bridgehead atoms. The van der Waals surface area contributed by atoms with Crippen LogP contribution in [0.25, 0.3) is 11.1 Å². The molecule has 3 aromatic rings. The number of aromatic amines is 1. The van der Waals surface area contributed by atoms with Gasteiger partial charge in [0.05, 0.1) is 11.4 Å². The number of aliphatic carboxylic acids is 1. The highest BCUT2D eigenvalue weighted by molar-refractivity contribution is 5.92. The summed E-state index contributed by atoms with van der Waals surface area (Å²) in [5.74, 6) is -2.73. The molecule has 3 heterocycles. The number of aromatic nitrogens is 1. The summed E-state index contributed by atoms with van der Waals surface area (Å²) in [5.41, 5.74) is 3.46. The van der Waals surface area contributed by atoms with E-state index in [9.17, 15) is 24.3 Å². The summed E-state index contributed by atoms with van der Waals surface area (Å²) in [6, 6.07) is 12.6. The molecule has 0 aliphatic carbocycles. The van der Waals surface area contributed by atoms with Crippen molar-refractivity contribution in [2.45, 2.75) is 38.3 Å². The monoisotopic (exact) mass is 478 g/mol. The van der Waals surface area contributed by atoms with Crippen LogP contribution in [0, 0.1) is 5.92 Å². The van der Waals surface area contributed by atoms with Crippen molar-refractivity contribution in [1.82, 2.24) is 14.8 Å². The Hall–Kier alpha value is -4.08. The molecule has 0 spiro atoms. The van der Waals surface area contributed by atoms with Gasteiger partial charge in [-0.3, -0.25) is 14.6 Å². The molecule has 35 heavy (non-hydrogen) atoms. The van der Waals surface area contributed by atoms with Crippen molar-refractivity contribution in [2.75, 3.05) is 18.4 Å². The number of anilines is 1. The lowest BCUT2D eigenvalue weighted by atomic mass is 9.94. The molecule has 3 amide bonds. The number of fused-ring (bicyclic) bond motifs is 2. The molecule has 0 saturated carbocycles. The number of para-hydroxylation sites is 1. The fraction of sp³-hybridized carbons (Fsp3) is 0.360. The van der Waals surface area contributed by atoms with Crippen LogP contribution in [0.1, 0.15) is 30.4 Å². The van der Waals surface area contributed by atoms with Crippen LogP contribution in [0.3, 0.4) is 0 Å². The number of carbonyl (C=O) groups excluding carboxylic acids is 2. The maximum absolute atomic E-state index is 12.9. The summed E-state index contributed by atoms with van der Waals surface area (Å²) < 4.78 is 5.05. The van der Waals surface area contributed by atoms with Gasteiger partial charge in [-0.1, -0.05) is 24.3 Å². The Bertz CT molecular complexity index is 1340. The number of piperidine rings is 1. The van der Waals surface area contributed by atoms with E-state index in [0.29, 0.717) is 49.1 Å². The van der Waals surface area contributed by atoms with E-state index in [1.54, 1.807) is 23.1 Å². The van der Waals surface area contributed by atoms with E-state index in [2.05, 4.69) is 10.3 Å². The van der Waals surface area contributed by atoms with Crippen LogP contribution in [0.2, 0.25) is 0 Å². The number of nitrogens with zero attached hydrogens (tertiary/aromatic N) is 2. The summed E-state index contributed by atoms with van der Waals surface area (Å²) in [5, 5.41) is 12.6. The van der Waals surface area contributed by atoms with Crippen LogP contribution in [0.15, 0.2) is 51.7 Å². The van der Waals surface area contributed by atoms with Gasteiger partial charge in [0.1, 0.15) is 0 Å². The van der Waals surface area contributed by atoms with E-state index >= 15 is 0 Å². The molecular formula is C25H26N4O6. The summed E-state index contributed by atoms with van der Waals surface area (Å²) in [7, 11) is 0. The van der Waals surface area contributed by atoms with Crippen LogP contribution in [-0.4, -0.2) is 56.9 Å². The molecule has 3 N–H and O–H groups in total. The lowest BCUT2D eigenvalue weighted by molar-refractivity contribution is -0.146. The first-order chi connectivity index (χ1) is 16.9. The molecule has 1 unspecified atom stereocenters. The van der Waals surface area contributed by atoms with Gasteiger partial charge in [-0.15, -0.1) is 0 Å². The van der Waals surface area contributed by atoms with E-state index in [4.69, 9.17) is 4.42 Å². The number of urea groups is 1. The van der Waals surface area contributed by atoms with E-state index in [1.165, 1.54) is 0 Å². The van der Waals surface area contributed by atoms with Gasteiger partial charge < -0.3 is 24.6 Å². The van der Waals surface area contributed by atoms with Gasteiger partial charge in [-0.25, -0.2) is 9.59 Å². The maximum Gasteiger partial charge on any atom is 0.417 e. The van der Waals surface area contributed by atoms with Gasteiger partial charge in [0, 0.05) is 37.8 Å². The van der Waals surface area contributed by atoms with Crippen LogP contribution in [0.4, 0.5) is 10.5 Å². The topological polar surface area (TPSA) is 136 Å². The minimum Gasteiger partial charge on any atom is -0.481 e. The number of nitrogens with one attached hydrogen (secondary N) is 2. The van der Waals surface area contributed by atoms with Crippen molar-refractivity contribution in [3.63, 3.8) is 0 Å². The first kappa shape index (κ1) is 22.7. The van der Waals surface area contributed by atoms with Crippen molar-refractivity contribution in [2.24, 2.45) is 5.92 Å². The fourth-order valence-corrected chi connectivity index (χ4v) is 4.93. The summed E-state index contributed by atoms with van der Waals surface area (Å²) >= 11 is 0. The standard InChI is InChI=1S/C25H26N4O6/c30-22(13-17(23(31)32)11-15-5-6-20-21(12-15)35-25(34)27-20)28-9-7-18(8-10-28)29-14-16-3-1-2-4-19(16)26-24(29)33/h1-6,12,17-18H,7-11,13-14H2,(H,26,33)(H,27,34)(H,31,32). The first-order valence-corrected chi connectivity index (χ1v) is 11.7. The highest BCUT2D eigenvalue weighted by atomic mass is 16.4. The van der Waals surface area contributed by atoms with Crippen molar-refractivity contribution in [3.8, 4) is 0 Å². The van der Waals surface area contributed by atoms with Crippen molar-refractivity contribution >= 4 is 34.7 Å². The minimum absolute atomic E-state index is 0.0189. The van der Waals surface area contributed by atoms with Crippen molar-refractivity contribution < 1.29 is 23.9 Å². The second-order valence-corrected chi connectivity index (χ2v) is 9.12. The number of carbonyl (C=O) groups is 3. The molecular weight excluding hydrogens is 452 g/mol. The third-order valence-corrected chi connectivity index (χ3v) is 6.86. The predicted molar refractivity (Wildman–Crippen MR) is 127 cm³/mol. The Morgan fingerprint density at radius 3 is 2.66 bits per heavy atom. The summed E-state index contributed by atoms with van der Waals surface area (Å²) in [6.45, 7) is 1.48. The van der Waals surface area contributed by atoms with Gasteiger partial charge in [-0.2, -0.15) is 0 Å². The lowest BCUT2D eigenvalue weighted by Gasteiger charge is -2.40. The van der Waals surface area contributed by atoms with Crippen molar-refractivity contribution in [3.05, 3.63) is 64.1 Å². The summed E-state index contributed by atoms with van der Waals surface area (Å²) in [4.78, 5) is 54.8. The average Bonchev–Trinajstić information content (AvgIpc) is 3.22. The van der Waals surface area contributed by atoms with Gasteiger partial charge >= 0.3 is 17.8 Å². The molecule has 1 fully saturated rings. The van der Waals surface area contributed by atoms with Crippen molar-refractivity contribution in [1.29, 1.82) is 0 Å². The number of likely N-dealkylation sites (tertiary alicyclic amines) is 1. The Morgan fingerprint density at radius 1 is 1.11 bits per heavy atom. The predicted octanol–water partition coefficient (Wildman–Crippen LogP) is 2.79. The number of amides is 3. The Morgan fingerprint density at radius 2 is 1.89 bits per heavy atom. The number of benzene rings is 2. The van der Waals surface area contributed by atoms with E-state index in [0.717, 1.165) is 11.3 Å². The Kier molecular flexibility index (Phi) is 6.02. The molecule has 2 aliphatic rings. The molecule has 2 aromatic carbocycles. The molecule has 10 heteroatoms. The molecule has 5 rings (SSSR count). The van der Waals surface area contributed by atoms with E-state index < -0.39 is 17.6 Å². The fourth-order valence-electron chi connectivity index (χ4n) is 4.93. The maximum atomic E-state index is 12.9. The Labute approximate surface area is 200 Å². The number of hydrogen-bond acceptors (Lipinski definition) is 5. The average molecular weight is 479 g/mol.